The number of rotatable bonds is 29. The van der Waals surface area contributed by atoms with E-state index in [1.807, 2.05) is 0 Å². The maximum atomic E-state index is 4.89. The summed E-state index contributed by atoms with van der Waals surface area (Å²) in [5.41, 5.74) is 0. The van der Waals surface area contributed by atoms with Crippen LogP contribution in [-0.2, 0) is 0 Å². The summed E-state index contributed by atoms with van der Waals surface area (Å²) in [6, 6.07) is 0. The Balaban J connectivity index is 3.01. The quantitative estimate of drug-likeness (QED) is 0.0396. The molecule has 0 fully saturated rings. The highest BCUT2D eigenvalue weighted by atomic mass is 79.9. The minimum absolute atomic E-state index is 0.629. The first-order valence-corrected chi connectivity index (χ1v) is 17.3. The van der Waals surface area contributed by atoms with E-state index >= 15 is 0 Å². The lowest BCUT2D eigenvalue weighted by Gasteiger charge is -2.05. The molecule has 0 amide bonds. The Labute approximate surface area is 234 Å². The zero-order chi connectivity index (χ0) is 24.8. The predicted octanol–water partition coefficient (Wildman–Crippen LogP) is 11.7. The fourth-order valence-corrected chi connectivity index (χ4v) is 5.44. The van der Waals surface area contributed by atoms with Gasteiger partial charge >= 0.3 is 0 Å². The zero-order valence-corrected chi connectivity index (χ0v) is 26.0. The summed E-state index contributed by atoms with van der Waals surface area (Å²) in [7, 11) is 0. The summed E-state index contributed by atoms with van der Waals surface area (Å²) in [6.07, 6.45) is 38.9. The van der Waals surface area contributed by atoms with Crippen molar-refractivity contribution in [2.45, 2.75) is 173 Å². The summed E-state index contributed by atoms with van der Waals surface area (Å²) in [4.78, 5) is 0. The van der Waals surface area contributed by atoms with Crippen LogP contribution in [0.5, 0.6) is 0 Å². The Hall–Kier alpha value is 0.720. The number of thiol groups is 1. The van der Waals surface area contributed by atoms with Crippen LogP contribution in [-0.4, -0.2) is 16.2 Å². The summed E-state index contributed by atoms with van der Waals surface area (Å²) < 4.78 is 0.629. The molecule has 34 heavy (non-hydrogen) atoms. The lowest BCUT2D eigenvalue weighted by atomic mass is 10.0. The maximum Gasteiger partial charge on any atom is 0.130 e. The fourth-order valence-electron chi connectivity index (χ4n) is 4.83. The van der Waals surface area contributed by atoms with Crippen LogP contribution in [0.3, 0.4) is 0 Å². The van der Waals surface area contributed by atoms with Gasteiger partial charge in [-0.2, -0.15) is 0 Å². The van der Waals surface area contributed by atoms with Crippen molar-refractivity contribution in [1.29, 1.82) is 0 Å². The van der Waals surface area contributed by atoms with E-state index in [0.29, 0.717) is 4.32 Å². The van der Waals surface area contributed by atoms with Gasteiger partial charge in [0.05, 0.1) is 0 Å². The molecule has 0 unspecified atom stereocenters. The molecule has 1 N–H and O–H groups in total. The maximum absolute atomic E-state index is 4.89. The van der Waals surface area contributed by atoms with Crippen LogP contribution in [0.1, 0.15) is 173 Å². The number of thiocarbonyl (C=S) groups is 1. The largest absolute Gasteiger partial charge is 0.371 e. The Morgan fingerprint density at radius 2 is 0.618 bits per heavy atom. The van der Waals surface area contributed by atoms with Crippen molar-refractivity contribution < 1.29 is 0 Å². The average molecular weight is 579 g/mol. The summed E-state index contributed by atoms with van der Waals surface area (Å²) in [5, 5.41) is 4.29. The van der Waals surface area contributed by atoms with Crippen LogP contribution in [0.25, 0.3) is 0 Å². The first-order chi connectivity index (χ1) is 16.8. The van der Waals surface area contributed by atoms with Gasteiger partial charge in [0, 0.05) is 11.9 Å². The van der Waals surface area contributed by atoms with E-state index in [4.69, 9.17) is 12.2 Å². The third kappa shape index (κ3) is 32.7. The van der Waals surface area contributed by atoms with E-state index in [9.17, 15) is 0 Å². The fraction of sp³-hybridized carbons (Fsp3) is 0.967. The number of nitrogens with one attached hydrogen (secondary N) is 1. The molecule has 0 saturated carbocycles. The van der Waals surface area contributed by atoms with E-state index in [1.54, 1.807) is 0 Å². The van der Waals surface area contributed by atoms with Gasteiger partial charge in [0.2, 0.25) is 0 Å². The van der Waals surface area contributed by atoms with Crippen LogP contribution in [0.15, 0.2) is 0 Å². The molecule has 0 aliphatic carbocycles. The standard InChI is InChI=1S/C30H60BrNS2/c31-28-26-24-22-20-18-16-14-12-10-8-6-4-2-1-3-5-7-9-11-13-15-17-19-21-23-25-27-29-32-30(33)34/h1-29H2,(H2,32,33,34). The third-order valence-electron chi connectivity index (χ3n) is 7.09. The van der Waals surface area contributed by atoms with Gasteiger partial charge in [-0.15, -0.1) is 12.6 Å². The summed E-state index contributed by atoms with van der Waals surface area (Å²) in [6.45, 7) is 0.987. The van der Waals surface area contributed by atoms with Crippen molar-refractivity contribution in [2.75, 3.05) is 11.9 Å². The smallest absolute Gasteiger partial charge is 0.130 e. The third-order valence-corrected chi connectivity index (χ3v) is 7.95. The van der Waals surface area contributed by atoms with E-state index in [2.05, 4.69) is 33.9 Å². The molecule has 0 aliphatic heterocycles. The van der Waals surface area contributed by atoms with Gasteiger partial charge in [-0.1, -0.05) is 189 Å². The number of hydrogen-bond acceptors (Lipinski definition) is 1. The van der Waals surface area contributed by atoms with Gasteiger partial charge in [-0.25, -0.2) is 0 Å². The van der Waals surface area contributed by atoms with Gasteiger partial charge in [0.25, 0.3) is 0 Å². The second-order valence-electron chi connectivity index (χ2n) is 10.5. The number of alkyl halides is 1. The second-order valence-corrected chi connectivity index (χ2v) is 12.4. The lowest BCUT2D eigenvalue weighted by Crippen LogP contribution is -2.17. The molecule has 204 valence electrons. The SMILES string of the molecule is S=C(S)NCCCCCCCCCCCCCCCCCCCCCCCCCCCCCBr. The van der Waals surface area contributed by atoms with Crippen LogP contribution >= 0.6 is 40.8 Å². The molecule has 0 radical (unpaired) electrons. The van der Waals surface area contributed by atoms with Crippen molar-refractivity contribution in [3.63, 3.8) is 0 Å². The number of hydrogen-bond donors (Lipinski definition) is 2. The van der Waals surface area contributed by atoms with E-state index in [-0.39, 0.29) is 0 Å². The van der Waals surface area contributed by atoms with Crippen LogP contribution in [0, 0.1) is 0 Å². The van der Waals surface area contributed by atoms with Crippen molar-refractivity contribution in [2.24, 2.45) is 0 Å². The normalized spacial score (nSPS) is 11.2. The number of unbranched alkanes of at least 4 members (excludes halogenated alkanes) is 26. The molecular weight excluding hydrogens is 518 g/mol. The van der Waals surface area contributed by atoms with Crippen molar-refractivity contribution in [3.05, 3.63) is 0 Å². The van der Waals surface area contributed by atoms with Crippen molar-refractivity contribution in [3.8, 4) is 0 Å². The average Bonchev–Trinajstić information content (AvgIpc) is 2.83. The Bertz CT molecular complexity index is 392. The van der Waals surface area contributed by atoms with Crippen molar-refractivity contribution in [1.82, 2.24) is 5.32 Å². The Morgan fingerprint density at radius 1 is 0.412 bits per heavy atom. The van der Waals surface area contributed by atoms with Gasteiger partial charge < -0.3 is 5.32 Å². The van der Waals surface area contributed by atoms with Gasteiger partial charge in [0.1, 0.15) is 4.32 Å². The molecule has 0 saturated heterocycles. The lowest BCUT2D eigenvalue weighted by molar-refractivity contribution is 0.514. The highest BCUT2D eigenvalue weighted by Crippen LogP contribution is 2.16. The molecule has 0 aromatic heterocycles. The first kappa shape index (κ1) is 34.7. The minimum atomic E-state index is 0.629. The second kappa shape index (κ2) is 31.7. The summed E-state index contributed by atoms with van der Waals surface area (Å²) >= 11 is 12.5. The van der Waals surface area contributed by atoms with E-state index in [0.717, 1.165) is 6.54 Å². The molecular formula is C30H60BrNS2. The summed E-state index contributed by atoms with van der Waals surface area (Å²) in [5.74, 6) is 0. The monoisotopic (exact) mass is 577 g/mol. The topological polar surface area (TPSA) is 12.0 Å². The van der Waals surface area contributed by atoms with E-state index in [1.165, 1.54) is 179 Å². The molecule has 0 aromatic carbocycles. The molecule has 0 atom stereocenters. The first-order valence-electron chi connectivity index (χ1n) is 15.3. The molecule has 0 bridgehead atoms. The zero-order valence-electron chi connectivity index (χ0n) is 22.7. The number of halogens is 1. The van der Waals surface area contributed by atoms with Crippen LogP contribution in [0.2, 0.25) is 0 Å². The molecule has 0 aliphatic rings. The highest BCUT2D eigenvalue weighted by molar-refractivity contribution is 9.09. The Morgan fingerprint density at radius 3 is 0.824 bits per heavy atom. The molecule has 0 heterocycles. The van der Waals surface area contributed by atoms with Crippen molar-refractivity contribution >= 4 is 45.1 Å². The van der Waals surface area contributed by atoms with Gasteiger partial charge in [-0.3, -0.25) is 0 Å². The Kier molecular flexibility index (Phi) is 32.4. The van der Waals surface area contributed by atoms with Gasteiger partial charge in [-0.05, 0) is 12.8 Å². The van der Waals surface area contributed by atoms with E-state index < -0.39 is 0 Å². The molecule has 0 aromatic rings. The van der Waals surface area contributed by atoms with Gasteiger partial charge in [0.15, 0.2) is 0 Å². The molecule has 1 nitrogen and oxygen atoms in total. The predicted molar refractivity (Wildman–Crippen MR) is 168 cm³/mol. The highest BCUT2D eigenvalue weighted by Gasteiger charge is 1.97. The molecule has 0 spiro atoms. The van der Waals surface area contributed by atoms with Crippen LogP contribution < -0.4 is 5.32 Å². The molecule has 0 rings (SSSR count). The van der Waals surface area contributed by atoms with Crippen LogP contribution in [0.4, 0.5) is 0 Å². The minimum Gasteiger partial charge on any atom is -0.371 e. The molecule has 4 heteroatoms.